The maximum Gasteiger partial charge on any atom is 0.303 e. The minimum Gasteiger partial charge on any atom is -0.481 e. The Hall–Kier alpha value is -0.960. The summed E-state index contributed by atoms with van der Waals surface area (Å²) >= 11 is 1.85. The fourth-order valence-corrected chi connectivity index (χ4v) is 3.15. The predicted octanol–water partition coefficient (Wildman–Crippen LogP) is 3.13. The minimum atomic E-state index is -0.693. The molecule has 0 aromatic heterocycles. The zero-order valence-corrected chi connectivity index (χ0v) is 9.30. The molecule has 3 heteroatoms. The van der Waals surface area contributed by atoms with Gasteiger partial charge in [0.25, 0.3) is 0 Å². The monoisotopic (exact) mass is 222 g/mol. The Kier molecular flexibility index (Phi) is 3.31. The van der Waals surface area contributed by atoms with Gasteiger partial charge in [0.1, 0.15) is 0 Å². The van der Waals surface area contributed by atoms with Crippen LogP contribution in [-0.2, 0) is 4.79 Å². The van der Waals surface area contributed by atoms with Crippen molar-refractivity contribution in [3.63, 3.8) is 0 Å². The van der Waals surface area contributed by atoms with E-state index in [1.165, 1.54) is 10.5 Å². The van der Waals surface area contributed by atoms with Crippen LogP contribution in [0.4, 0.5) is 0 Å². The van der Waals surface area contributed by atoms with Crippen LogP contribution in [0.2, 0.25) is 0 Å². The predicted molar refractivity (Wildman–Crippen MR) is 61.4 cm³/mol. The van der Waals surface area contributed by atoms with Gasteiger partial charge in [-0.15, -0.1) is 11.8 Å². The third kappa shape index (κ3) is 2.53. The standard InChI is InChI=1S/C12H14O2S/c13-12(14)8-9-4-3-7-15-11-6-2-1-5-10(9)11/h1-2,5-6,9H,3-4,7-8H2,(H,13,14). The fraction of sp³-hybridized carbons (Fsp3) is 0.417. The van der Waals surface area contributed by atoms with Crippen molar-refractivity contribution in [1.82, 2.24) is 0 Å². The van der Waals surface area contributed by atoms with E-state index in [-0.39, 0.29) is 12.3 Å². The number of carbonyl (C=O) groups is 1. The molecule has 0 bridgehead atoms. The largest absolute Gasteiger partial charge is 0.481 e. The van der Waals surface area contributed by atoms with Crippen LogP contribution in [0.1, 0.15) is 30.7 Å². The molecule has 1 aliphatic rings. The number of carboxylic acid groups (broad SMARTS) is 1. The van der Waals surface area contributed by atoms with Crippen molar-refractivity contribution in [1.29, 1.82) is 0 Å². The van der Waals surface area contributed by atoms with E-state index in [0.717, 1.165) is 18.6 Å². The third-order valence-electron chi connectivity index (χ3n) is 2.73. The van der Waals surface area contributed by atoms with Crippen LogP contribution in [0, 0.1) is 0 Å². The maximum absolute atomic E-state index is 10.8. The zero-order valence-electron chi connectivity index (χ0n) is 8.48. The molecule has 1 heterocycles. The van der Waals surface area contributed by atoms with Crippen LogP contribution < -0.4 is 0 Å². The first-order chi connectivity index (χ1) is 7.27. The van der Waals surface area contributed by atoms with E-state index in [4.69, 9.17) is 5.11 Å². The first-order valence-electron chi connectivity index (χ1n) is 5.21. The topological polar surface area (TPSA) is 37.3 Å². The summed E-state index contributed by atoms with van der Waals surface area (Å²) in [5.41, 5.74) is 1.22. The summed E-state index contributed by atoms with van der Waals surface area (Å²) in [6.07, 6.45) is 2.37. The first kappa shape index (κ1) is 10.6. The van der Waals surface area contributed by atoms with Crippen LogP contribution >= 0.6 is 11.8 Å². The van der Waals surface area contributed by atoms with Crippen LogP contribution in [0.5, 0.6) is 0 Å². The number of fused-ring (bicyclic) bond motifs is 1. The zero-order chi connectivity index (χ0) is 10.7. The van der Waals surface area contributed by atoms with Crippen LogP contribution in [0.25, 0.3) is 0 Å². The molecule has 0 amide bonds. The lowest BCUT2D eigenvalue weighted by Gasteiger charge is -2.14. The number of rotatable bonds is 2. The molecule has 0 aliphatic carbocycles. The Morgan fingerprint density at radius 3 is 3.07 bits per heavy atom. The molecule has 15 heavy (non-hydrogen) atoms. The molecular formula is C12H14O2S. The molecule has 1 aliphatic heterocycles. The Bertz CT molecular complexity index is 362. The van der Waals surface area contributed by atoms with Gasteiger partial charge in [0.05, 0.1) is 6.42 Å². The molecule has 1 atom stereocenters. The highest BCUT2D eigenvalue weighted by Crippen LogP contribution is 2.37. The summed E-state index contributed by atoms with van der Waals surface area (Å²) in [7, 11) is 0. The van der Waals surface area contributed by atoms with Crippen molar-refractivity contribution >= 4 is 17.7 Å². The molecule has 1 unspecified atom stereocenters. The lowest BCUT2D eigenvalue weighted by Crippen LogP contribution is -2.06. The molecule has 0 saturated heterocycles. The number of thioether (sulfide) groups is 1. The van der Waals surface area contributed by atoms with Gasteiger partial charge in [-0.05, 0) is 36.1 Å². The molecule has 0 saturated carbocycles. The molecule has 0 spiro atoms. The second-order valence-corrected chi connectivity index (χ2v) is 4.96. The van der Waals surface area contributed by atoms with Crippen LogP contribution in [0.3, 0.4) is 0 Å². The van der Waals surface area contributed by atoms with Gasteiger partial charge in [-0.2, -0.15) is 0 Å². The minimum absolute atomic E-state index is 0.202. The van der Waals surface area contributed by atoms with Crippen molar-refractivity contribution < 1.29 is 9.90 Å². The number of aliphatic carboxylic acids is 1. The summed E-state index contributed by atoms with van der Waals surface area (Å²) < 4.78 is 0. The molecule has 1 aromatic rings. The summed E-state index contributed by atoms with van der Waals surface area (Å²) in [6.45, 7) is 0. The molecule has 80 valence electrons. The number of hydrogen-bond donors (Lipinski definition) is 1. The number of hydrogen-bond acceptors (Lipinski definition) is 2. The average Bonchev–Trinajstić information content (AvgIpc) is 2.41. The molecule has 2 nitrogen and oxygen atoms in total. The summed E-state index contributed by atoms with van der Waals surface area (Å²) in [6, 6.07) is 8.19. The van der Waals surface area contributed by atoms with Crippen molar-refractivity contribution in [2.75, 3.05) is 5.75 Å². The Morgan fingerprint density at radius 1 is 1.47 bits per heavy atom. The van der Waals surface area contributed by atoms with E-state index in [9.17, 15) is 4.79 Å². The van der Waals surface area contributed by atoms with Crippen LogP contribution in [0.15, 0.2) is 29.2 Å². The molecule has 1 N–H and O–H groups in total. The molecule has 2 rings (SSSR count). The van der Waals surface area contributed by atoms with Crippen LogP contribution in [-0.4, -0.2) is 16.8 Å². The number of carboxylic acids is 1. The lowest BCUT2D eigenvalue weighted by atomic mass is 9.91. The summed E-state index contributed by atoms with van der Waals surface area (Å²) in [5.74, 6) is 0.614. The van der Waals surface area contributed by atoms with Gasteiger partial charge >= 0.3 is 5.97 Å². The second kappa shape index (κ2) is 4.71. The van der Waals surface area contributed by atoms with Crippen molar-refractivity contribution in [2.24, 2.45) is 0 Å². The number of benzene rings is 1. The van der Waals surface area contributed by atoms with Gasteiger partial charge in [-0.25, -0.2) is 0 Å². The first-order valence-corrected chi connectivity index (χ1v) is 6.19. The highest BCUT2D eigenvalue weighted by Gasteiger charge is 2.20. The maximum atomic E-state index is 10.8. The van der Waals surface area contributed by atoms with E-state index < -0.39 is 5.97 Å². The summed E-state index contributed by atoms with van der Waals surface area (Å²) in [4.78, 5) is 12.0. The fourth-order valence-electron chi connectivity index (χ4n) is 2.04. The Balaban J connectivity index is 2.28. The van der Waals surface area contributed by atoms with E-state index in [1.807, 2.05) is 23.9 Å². The van der Waals surface area contributed by atoms with Gasteiger partial charge in [0, 0.05) is 4.90 Å². The van der Waals surface area contributed by atoms with Gasteiger partial charge in [0.15, 0.2) is 0 Å². The lowest BCUT2D eigenvalue weighted by molar-refractivity contribution is -0.137. The highest BCUT2D eigenvalue weighted by molar-refractivity contribution is 7.99. The molecular weight excluding hydrogens is 208 g/mol. The smallest absolute Gasteiger partial charge is 0.303 e. The highest BCUT2D eigenvalue weighted by atomic mass is 32.2. The van der Waals surface area contributed by atoms with E-state index >= 15 is 0 Å². The van der Waals surface area contributed by atoms with Gasteiger partial charge in [-0.3, -0.25) is 4.79 Å². The molecule has 1 aromatic carbocycles. The normalized spacial score (nSPS) is 20.4. The summed E-state index contributed by atoms with van der Waals surface area (Å²) in [5, 5.41) is 8.88. The second-order valence-electron chi connectivity index (χ2n) is 3.82. The molecule has 0 radical (unpaired) electrons. The van der Waals surface area contributed by atoms with E-state index in [0.29, 0.717) is 0 Å². The molecule has 0 fully saturated rings. The Labute approximate surface area is 93.7 Å². The quantitative estimate of drug-likeness (QED) is 0.835. The SMILES string of the molecule is O=C(O)CC1CCCSc2ccccc21. The third-order valence-corrected chi connectivity index (χ3v) is 3.91. The van der Waals surface area contributed by atoms with Crippen molar-refractivity contribution in [2.45, 2.75) is 30.1 Å². The van der Waals surface area contributed by atoms with Gasteiger partial charge < -0.3 is 5.11 Å². The van der Waals surface area contributed by atoms with E-state index in [2.05, 4.69) is 12.1 Å². The van der Waals surface area contributed by atoms with E-state index in [1.54, 1.807) is 0 Å². The van der Waals surface area contributed by atoms with Gasteiger partial charge in [0.2, 0.25) is 0 Å². The van der Waals surface area contributed by atoms with Gasteiger partial charge in [-0.1, -0.05) is 18.2 Å². The van der Waals surface area contributed by atoms with Crippen molar-refractivity contribution in [3.05, 3.63) is 29.8 Å². The Morgan fingerprint density at radius 2 is 2.27 bits per heavy atom. The average molecular weight is 222 g/mol. The van der Waals surface area contributed by atoms with Crippen molar-refractivity contribution in [3.8, 4) is 0 Å².